The third-order valence-electron chi connectivity index (χ3n) is 10.7. The van der Waals surface area contributed by atoms with Gasteiger partial charge in [0, 0.05) is 32.6 Å². The van der Waals surface area contributed by atoms with Crippen molar-refractivity contribution in [2.75, 3.05) is 0 Å². The molecular weight excluding hydrogens is 593 g/mol. The lowest BCUT2D eigenvalue weighted by molar-refractivity contribution is 0.590. The van der Waals surface area contributed by atoms with E-state index in [1.807, 2.05) is 0 Å². The molecule has 0 aliphatic heterocycles. The van der Waals surface area contributed by atoms with Crippen LogP contribution in [0.4, 0.5) is 0 Å². The Balaban J connectivity index is 1.39. The minimum Gasteiger partial charge on any atom is -0.309 e. The zero-order chi connectivity index (χ0) is 34.3. The molecule has 0 atom stereocenters. The first-order valence-electron chi connectivity index (χ1n) is 17.6. The fourth-order valence-electron chi connectivity index (χ4n) is 7.80. The Morgan fingerprint density at radius 2 is 0.857 bits per heavy atom. The number of nitrogens with zero attached hydrogens (tertiary/aromatic N) is 2. The maximum atomic E-state index is 2.48. The Bertz CT molecular complexity index is 2450. The van der Waals surface area contributed by atoms with Gasteiger partial charge in [0.1, 0.15) is 0 Å². The van der Waals surface area contributed by atoms with E-state index in [0.717, 1.165) is 0 Å². The van der Waals surface area contributed by atoms with Gasteiger partial charge in [-0.25, -0.2) is 0 Å². The van der Waals surface area contributed by atoms with Gasteiger partial charge >= 0.3 is 0 Å². The highest BCUT2D eigenvalue weighted by molar-refractivity contribution is 6.12. The summed E-state index contributed by atoms with van der Waals surface area (Å²) < 4.78 is 4.95. The Hall–Kier alpha value is -5.08. The second-order valence-electron chi connectivity index (χ2n) is 16.4. The molecule has 0 N–H and O–H groups in total. The maximum absolute atomic E-state index is 2.48. The number of hydrogen-bond donors (Lipinski definition) is 0. The van der Waals surface area contributed by atoms with Crippen LogP contribution in [0.2, 0.25) is 0 Å². The summed E-state index contributed by atoms with van der Waals surface area (Å²) in [7, 11) is 0. The smallest absolute Gasteiger partial charge is 0.0542 e. The average molecular weight is 639 g/mol. The molecule has 8 aromatic rings. The molecule has 8 rings (SSSR count). The van der Waals surface area contributed by atoms with Gasteiger partial charge < -0.3 is 9.13 Å². The first-order chi connectivity index (χ1) is 23.3. The summed E-state index contributed by atoms with van der Waals surface area (Å²) in [6, 6.07) is 49.9. The molecular formula is C47H46N2. The summed E-state index contributed by atoms with van der Waals surface area (Å²) >= 11 is 0. The molecule has 49 heavy (non-hydrogen) atoms. The van der Waals surface area contributed by atoms with E-state index in [4.69, 9.17) is 0 Å². The maximum Gasteiger partial charge on any atom is 0.0542 e. The van der Waals surface area contributed by atoms with E-state index in [1.54, 1.807) is 0 Å². The molecule has 244 valence electrons. The third-order valence-corrected chi connectivity index (χ3v) is 10.7. The molecule has 2 heteroatoms. The quantitative estimate of drug-likeness (QED) is 0.181. The van der Waals surface area contributed by atoms with Crippen LogP contribution in [-0.2, 0) is 16.2 Å². The fourth-order valence-corrected chi connectivity index (χ4v) is 7.80. The summed E-state index contributed by atoms with van der Waals surface area (Å²) in [5.41, 5.74) is 12.6. The van der Waals surface area contributed by atoms with Crippen molar-refractivity contribution in [1.29, 1.82) is 0 Å². The van der Waals surface area contributed by atoms with Gasteiger partial charge in [0.2, 0.25) is 0 Å². The van der Waals surface area contributed by atoms with Crippen LogP contribution in [0.3, 0.4) is 0 Å². The first-order valence-corrected chi connectivity index (χ1v) is 17.6. The van der Waals surface area contributed by atoms with Crippen LogP contribution in [0.5, 0.6) is 0 Å². The van der Waals surface area contributed by atoms with Gasteiger partial charge in [-0.2, -0.15) is 0 Å². The molecule has 0 saturated heterocycles. The fraction of sp³-hybridized carbons (Fsp3) is 0.234. The number of hydrogen-bond acceptors (Lipinski definition) is 0. The van der Waals surface area contributed by atoms with Crippen LogP contribution in [-0.4, -0.2) is 9.13 Å². The summed E-state index contributed by atoms with van der Waals surface area (Å²) in [6.45, 7) is 18.5. The molecule has 2 aromatic heterocycles. The zero-order valence-electron chi connectivity index (χ0n) is 30.1. The van der Waals surface area contributed by atoms with Gasteiger partial charge in [-0.3, -0.25) is 0 Å². The van der Waals surface area contributed by atoms with Crippen LogP contribution in [0.1, 0.15) is 77.6 Å². The first kappa shape index (κ1) is 31.2. The summed E-state index contributed by atoms with van der Waals surface area (Å²) in [6.07, 6.45) is 0. The lowest BCUT2D eigenvalue weighted by Gasteiger charge is -2.29. The van der Waals surface area contributed by atoms with Gasteiger partial charge in [-0.15, -0.1) is 0 Å². The summed E-state index contributed by atoms with van der Waals surface area (Å²) in [4.78, 5) is 0. The number of fused-ring (bicyclic) bond motifs is 6. The Kier molecular flexibility index (Phi) is 6.99. The van der Waals surface area contributed by atoms with Crippen LogP contribution in [0, 0.1) is 0 Å². The molecule has 0 unspecified atom stereocenters. The highest BCUT2D eigenvalue weighted by Crippen LogP contribution is 2.42. The van der Waals surface area contributed by atoms with Crippen LogP contribution >= 0.6 is 0 Å². The number of aromatic nitrogens is 2. The molecule has 2 heterocycles. The molecule has 6 aromatic carbocycles. The van der Waals surface area contributed by atoms with E-state index in [2.05, 4.69) is 198 Å². The molecule has 0 radical (unpaired) electrons. The normalized spacial score (nSPS) is 12.9. The molecule has 2 nitrogen and oxygen atoms in total. The van der Waals surface area contributed by atoms with Gasteiger partial charge in [0.25, 0.3) is 0 Å². The van der Waals surface area contributed by atoms with Gasteiger partial charge in [0.15, 0.2) is 0 Å². The van der Waals surface area contributed by atoms with Crippen molar-refractivity contribution in [1.82, 2.24) is 9.13 Å². The van der Waals surface area contributed by atoms with E-state index < -0.39 is 0 Å². The van der Waals surface area contributed by atoms with Crippen LogP contribution in [0.15, 0.2) is 133 Å². The van der Waals surface area contributed by atoms with Crippen molar-refractivity contribution in [3.8, 4) is 11.4 Å². The SMILES string of the molecule is CC(C)(C)c1ccc2c(c1)c1cc(C(C)(C)C)ccc1n2-c1ccc2c(c1)c1ccccc1n2-c1ccccc1C(C)(C)c1ccccc1. The summed E-state index contributed by atoms with van der Waals surface area (Å²) in [5, 5.41) is 5.15. The largest absolute Gasteiger partial charge is 0.309 e. The van der Waals surface area contributed by atoms with Crippen molar-refractivity contribution in [3.63, 3.8) is 0 Å². The Labute approximate surface area is 290 Å². The highest BCUT2D eigenvalue weighted by Gasteiger charge is 2.28. The standard InChI is InChI=1S/C47H46N2/c1-45(2,3)32-22-25-41-36(28-32)37-29-33(46(4,5)6)23-26-42(37)48(41)34-24-27-43-38(30-34)35-18-12-14-20-40(35)49(43)44-21-15-13-19-39(44)47(7,8)31-16-10-9-11-17-31/h9-30H,1-8H3. The van der Waals surface area contributed by atoms with E-state index in [1.165, 1.54) is 77.2 Å². The minimum absolute atomic E-state index is 0.0658. The van der Waals surface area contributed by atoms with E-state index in [-0.39, 0.29) is 16.2 Å². The van der Waals surface area contributed by atoms with Crippen LogP contribution in [0.25, 0.3) is 55.0 Å². The zero-order valence-corrected chi connectivity index (χ0v) is 30.1. The molecule has 0 fully saturated rings. The monoisotopic (exact) mass is 638 g/mol. The van der Waals surface area contributed by atoms with E-state index in [0.29, 0.717) is 0 Å². The van der Waals surface area contributed by atoms with Crippen molar-refractivity contribution < 1.29 is 0 Å². The number of rotatable bonds is 4. The van der Waals surface area contributed by atoms with E-state index in [9.17, 15) is 0 Å². The van der Waals surface area contributed by atoms with Crippen molar-refractivity contribution >= 4 is 43.6 Å². The molecule has 0 aliphatic carbocycles. The number of benzene rings is 6. The average Bonchev–Trinajstić information content (AvgIpc) is 3.59. The molecule has 0 saturated carbocycles. The molecule has 0 bridgehead atoms. The van der Waals surface area contributed by atoms with E-state index >= 15 is 0 Å². The summed E-state index contributed by atoms with van der Waals surface area (Å²) in [5.74, 6) is 0. The lowest BCUT2D eigenvalue weighted by atomic mass is 9.77. The third kappa shape index (κ3) is 5.00. The second kappa shape index (κ2) is 11.0. The van der Waals surface area contributed by atoms with Gasteiger partial charge in [-0.05, 0) is 87.7 Å². The predicted octanol–water partition coefficient (Wildman–Crippen LogP) is 12.8. The second-order valence-corrected chi connectivity index (χ2v) is 16.4. The van der Waals surface area contributed by atoms with Gasteiger partial charge in [0.05, 0.1) is 27.8 Å². The van der Waals surface area contributed by atoms with Crippen molar-refractivity contribution in [3.05, 3.63) is 156 Å². The molecule has 0 amide bonds. The van der Waals surface area contributed by atoms with Gasteiger partial charge in [-0.1, -0.05) is 134 Å². The minimum atomic E-state index is -0.184. The number of para-hydroxylation sites is 2. The van der Waals surface area contributed by atoms with Crippen LogP contribution < -0.4 is 0 Å². The Morgan fingerprint density at radius 3 is 1.49 bits per heavy atom. The topological polar surface area (TPSA) is 9.86 Å². The molecule has 0 spiro atoms. The Morgan fingerprint density at radius 1 is 0.367 bits per heavy atom. The van der Waals surface area contributed by atoms with Crippen molar-refractivity contribution in [2.24, 2.45) is 0 Å². The lowest BCUT2D eigenvalue weighted by Crippen LogP contribution is -2.21. The highest BCUT2D eigenvalue weighted by atomic mass is 15.0. The molecule has 0 aliphatic rings. The van der Waals surface area contributed by atoms with Crippen molar-refractivity contribution in [2.45, 2.75) is 71.6 Å². The predicted molar refractivity (Wildman–Crippen MR) is 211 cm³/mol.